The van der Waals surface area contributed by atoms with Gasteiger partial charge in [0.1, 0.15) is 0 Å². The van der Waals surface area contributed by atoms with Gasteiger partial charge in [-0.15, -0.1) is 0 Å². The van der Waals surface area contributed by atoms with Crippen molar-refractivity contribution in [1.82, 2.24) is 5.32 Å². The minimum Gasteiger partial charge on any atom is -0.366 e. The first-order chi connectivity index (χ1) is 9.02. The molecule has 1 heterocycles. The van der Waals surface area contributed by atoms with Crippen molar-refractivity contribution >= 4 is 33.2 Å². The molecule has 0 radical (unpaired) electrons. The average molecular weight is 346 g/mol. The quantitative estimate of drug-likeness (QED) is 0.878. The number of benzene rings is 1. The van der Waals surface area contributed by atoms with E-state index in [4.69, 9.17) is 11.6 Å². The molecule has 106 valence electrons. The smallest absolute Gasteiger partial charge is 0.0549 e. The van der Waals surface area contributed by atoms with Crippen molar-refractivity contribution in [2.24, 2.45) is 5.92 Å². The van der Waals surface area contributed by atoms with Crippen LogP contribution in [0.4, 0.5) is 5.69 Å². The lowest BCUT2D eigenvalue weighted by atomic mass is 9.98. The lowest BCUT2D eigenvalue weighted by Crippen LogP contribution is -2.58. The summed E-state index contributed by atoms with van der Waals surface area (Å²) < 4.78 is 0.973. The van der Waals surface area contributed by atoms with Gasteiger partial charge in [-0.25, -0.2) is 0 Å². The van der Waals surface area contributed by atoms with Crippen LogP contribution in [-0.4, -0.2) is 25.2 Å². The Morgan fingerprint density at radius 2 is 2.21 bits per heavy atom. The number of nitrogens with zero attached hydrogens (tertiary/aromatic N) is 1. The number of rotatable bonds is 3. The summed E-state index contributed by atoms with van der Waals surface area (Å²) in [5.41, 5.74) is 1.26. The summed E-state index contributed by atoms with van der Waals surface area (Å²) in [5.74, 6) is 0.649. The van der Waals surface area contributed by atoms with E-state index >= 15 is 0 Å². The summed E-state index contributed by atoms with van der Waals surface area (Å²) in [4.78, 5) is 2.52. The predicted octanol–water partition coefficient (Wildman–Crippen LogP) is 4.32. The Balaban J connectivity index is 2.24. The van der Waals surface area contributed by atoms with Gasteiger partial charge in [-0.05, 0) is 46.5 Å². The summed E-state index contributed by atoms with van der Waals surface area (Å²) in [6.07, 6.45) is 1.15. The number of piperazine rings is 1. The SMILES string of the molecule is CCC1CNC(C(C)C)CN1c1ccc(Cl)c(Br)c1. The van der Waals surface area contributed by atoms with Gasteiger partial charge < -0.3 is 10.2 Å². The van der Waals surface area contributed by atoms with Crippen molar-refractivity contribution in [2.75, 3.05) is 18.0 Å². The Hall–Kier alpha value is -0.250. The van der Waals surface area contributed by atoms with Crippen LogP contribution in [0.1, 0.15) is 27.2 Å². The van der Waals surface area contributed by atoms with E-state index in [2.05, 4.69) is 59.1 Å². The maximum absolute atomic E-state index is 6.09. The summed E-state index contributed by atoms with van der Waals surface area (Å²) >= 11 is 9.62. The second-order valence-corrected chi connectivity index (χ2v) is 6.83. The van der Waals surface area contributed by atoms with E-state index < -0.39 is 0 Å². The zero-order valence-corrected chi connectivity index (χ0v) is 14.1. The molecule has 1 fully saturated rings. The number of hydrogen-bond acceptors (Lipinski definition) is 2. The van der Waals surface area contributed by atoms with Crippen LogP contribution in [0.15, 0.2) is 22.7 Å². The van der Waals surface area contributed by atoms with Crippen LogP contribution < -0.4 is 10.2 Å². The van der Waals surface area contributed by atoms with E-state index in [1.54, 1.807) is 0 Å². The number of nitrogens with one attached hydrogen (secondary N) is 1. The van der Waals surface area contributed by atoms with Crippen LogP contribution >= 0.6 is 27.5 Å². The monoisotopic (exact) mass is 344 g/mol. The lowest BCUT2D eigenvalue weighted by Gasteiger charge is -2.43. The molecule has 1 aromatic carbocycles. The highest BCUT2D eigenvalue weighted by Crippen LogP contribution is 2.30. The van der Waals surface area contributed by atoms with Gasteiger partial charge in [0.15, 0.2) is 0 Å². The molecule has 0 saturated carbocycles. The molecular formula is C15H22BrClN2. The van der Waals surface area contributed by atoms with E-state index in [0.29, 0.717) is 18.0 Å². The molecule has 4 heteroatoms. The van der Waals surface area contributed by atoms with Crippen LogP contribution in [0.5, 0.6) is 0 Å². The van der Waals surface area contributed by atoms with Gasteiger partial charge in [-0.1, -0.05) is 32.4 Å². The highest BCUT2D eigenvalue weighted by Gasteiger charge is 2.28. The second kappa shape index (κ2) is 6.47. The zero-order chi connectivity index (χ0) is 14.0. The standard InChI is InChI=1S/C15H22BrClN2/c1-4-11-8-18-15(10(2)3)9-19(11)12-5-6-14(17)13(16)7-12/h5-7,10-11,15,18H,4,8-9H2,1-3H3. The summed E-state index contributed by atoms with van der Waals surface area (Å²) in [6.45, 7) is 8.92. The van der Waals surface area contributed by atoms with Gasteiger partial charge in [-0.2, -0.15) is 0 Å². The molecule has 1 saturated heterocycles. The molecule has 1 aliphatic heterocycles. The summed E-state index contributed by atoms with van der Waals surface area (Å²) in [7, 11) is 0. The van der Waals surface area contributed by atoms with E-state index in [0.717, 1.165) is 29.0 Å². The minimum atomic E-state index is 0.553. The molecule has 19 heavy (non-hydrogen) atoms. The van der Waals surface area contributed by atoms with E-state index in [1.807, 2.05) is 6.07 Å². The van der Waals surface area contributed by atoms with Crippen molar-refractivity contribution in [3.63, 3.8) is 0 Å². The Morgan fingerprint density at radius 3 is 2.79 bits per heavy atom. The number of halogens is 2. The zero-order valence-electron chi connectivity index (χ0n) is 11.8. The van der Waals surface area contributed by atoms with Crippen molar-refractivity contribution in [3.05, 3.63) is 27.7 Å². The highest BCUT2D eigenvalue weighted by atomic mass is 79.9. The van der Waals surface area contributed by atoms with Crippen molar-refractivity contribution in [1.29, 1.82) is 0 Å². The molecule has 2 rings (SSSR count). The van der Waals surface area contributed by atoms with Gasteiger partial charge in [0.05, 0.1) is 5.02 Å². The fourth-order valence-electron chi connectivity index (χ4n) is 2.61. The molecule has 2 nitrogen and oxygen atoms in total. The molecule has 2 unspecified atom stereocenters. The third kappa shape index (κ3) is 3.45. The molecule has 1 aliphatic rings. The molecule has 1 aromatic rings. The van der Waals surface area contributed by atoms with Crippen LogP contribution in [0.2, 0.25) is 5.02 Å². The first kappa shape index (κ1) is 15.1. The van der Waals surface area contributed by atoms with Gasteiger partial charge in [0.2, 0.25) is 0 Å². The third-order valence-electron chi connectivity index (χ3n) is 3.96. The average Bonchev–Trinajstić information content (AvgIpc) is 2.41. The second-order valence-electron chi connectivity index (χ2n) is 5.57. The van der Waals surface area contributed by atoms with Gasteiger partial charge in [-0.3, -0.25) is 0 Å². The molecule has 0 aromatic heterocycles. The maximum atomic E-state index is 6.09. The largest absolute Gasteiger partial charge is 0.366 e. The van der Waals surface area contributed by atoms with E-state index in [9.17, 15) is 0 Å². The number of anilines is 1. The topological polar surface area (TPSA) is 15.3 Å². The highest BCUT2D eigenvalue weighted by molar-refractivity contribution is 9.10. The van der Waals surface area contributed by atoms with Crippen molar-refractivity contribution in [2.45, 2.75) is 39.3 Å². The van der Waals surface area contributed by atoms with Gasteiger partial charge >= 0.3 is 0 Å². The Bertz CT molecular complexity index is 436. The number of hydrogen-bond donors (Lipinski definition) is 1. The van der Waals surface area contributed by atoms with Gasteiger partial charge in [0, 0.05) is 35.3 Å². The van der Waals surface area contributed by atoms with Gasteiger partial charge in [0.25, 0.3) is 0 Å². The molecule has 0 aliphatic carbocycles. The molecule has 0 spiro atoms. The van der Waals surface area contributed by atoms with E-state index in [-0.39, 0.29) is 0 Å². The first-order valence-corrected chi connectivity index (χ1v) is 8.15. The normalized spacial score (nSPS) is 24.0. The first-order valence-electron chi connectivity index (χ1n) is 6.98. The molecule has 0 amide bonds. The van der Waals surface area contributed by atoms with Crippen molar-refractivity contribution in [3.8, 4) is 0 Å². The van der Waals surface area contributed by atoms with Crippen LogP contribution in [0.3, 0.4) is 0 Å². The lowest BCUT2D eigenvalue weighted by molar-refractivity contribution is 0.325. The summed E-state index contributed by atoms with van der Waals surface area (Å²) in [6, 6.07) is 7.34. The van der Waals surface area contributed by atoms with Crippen molar-refractivity contribution < 1.29 is 0 Å². The molecule has 2 atom stereocenters. The van der Waals surface area contributed by atoms with Crippen LogP contribution in [-0.2, 0) is 0 Å². The van der Waals surface area contributed by atoms with E-state index in [1.165, 1.54) is 5.69 Å². The molecule has 0 bridgehead atoms. The Kier molecular flexibility index (Phi) is 5.15. The third-order valence-corrected chi connectivity index (χ3v) is 5.17. The molecule has 1 N–H and O–H groups in total. The fraction of sp³-hybridized carbons (Fsp3) is 0.600. The van der Waals surface area contributed by atoms with Crippen LogP contribution in [0, 0.1) is 5.92 Å². The minimum absolute atomic E-state index is 0.553. The van der Waals surface area contributed by atoms with Crippen LogP contribution in [0.25, 0.3) is 0 Å². The molecular weight excluding hydrogens is 324 g/mol. The Labute approximate surface area is 129 Å². The maximum Gasteiger partial charge on any atom is 0.0549 e. The Morgan fingerprint density at radius 1 is 1.47 bits per heavy atom. The summed E-state index contributed by atoms with van der Waals surface area (Å²) in [5, 5.41) is 4.44. The fourth-order valence-corrected chi connectivity index (χ4v) is 3.10. The predicted molar refractivity (Wildman–Crippen MR) is 87.2 cm³/mol.